The Kier molecular flexibility index (Phi) is 3.76. The molecule has 0 unspecified atom stereocenters. The number of hydrogen-bond acceptors (Lipinski definition) is 2. The van der Waals surface area contributed by atoms with Crippen LogP contribution in [0.2, 0.25) is 0 Å². The third-order valence-corrected chi connectivity index (χ3v) is 4.09. The molecule has 0 amide bonds. The number of carbonyl (C=O) groups excluding carboxylic acids is 1. The first-order chi connectivity index (χ1) is 9.63. The summed E-state index contributed by atoms with van der Waals surface area (Å²) in [5, 5.41) is 0. The first kappa shape index (κ1) is 13.6. The Hall–Kier alpha value is -1.39. The average Bonchev–Trinajstić information content (AvgIpc) is 2.45. The molecule has 0 N–H and O–H groups in total. The number of carbonyl (C=O) groups is 1. The van der Waals surface area contributed by atoms with Crippen molar-refractivity contribution in [2.45, 2.75) is 0 Å². The maximum Gasteiger partial charge on any atom is 0.196 e. The third-order valence-electron chi connectivity index (χ3n) is 3.07. The van der Waals surface area contributed by atoms with E-state index in [4.69, 9.17) is 4.74 Å². The molecule has 0 aromatic heterocycles. The van der Waals surface area contributed by atoms with Crippen LogP contribution in [0.4, 0.5) is 0 Å². The zero-order valence-electron chi connectivity index (χ0n) is 10.4. The van der Waals surface area contributed by atoms with Crippen LogP contribution in [0.3, 0.4) is 0 Å². The van der Waals surface area contributed by atoms with E-state index in [9.17, 15) is 4.79 Å². The fraction of sp³-hybridized carbons (Fsp3) is 0.0625. The molecule has 1 heterocycles. The molecule has 20 heavy (non-hydrogen) atoms. The van der Waals surface area contributed by atoms with Crippen LogP contribution in [0.1, 0.15) is 15.9 Å². The highest BCUT2D eigenvalue weighted by Crippen LogP contribution is 2.30. The lowest BCUT2D eigenvalue weighted by Crippen LogP contribution is -2.18. The Labute approximate surface area is 133 Å². The van der Waals surface area contributed by atoms with Gasteiger partial charge in [0.1, 0.15) is 12.4 Å². The van der Waals surface area contributed by atoms with Crippen LogP contribution in [0.25, 0.3) is 6.08 Å². The smallest absolute Gasteiger partial charge is 0.196 e. The van der Waals surface area contributed by atoms with Crippen LogP contribution >= 0.6 is 31.9 Å². The van der Waals surface area contributed by atoms with Crippen molar-refractivity contribution < 1.29 is 9.53 Å². The zero-order chi connectivity index (χ0) is 14.1. The van der Waals surface area contributed by atoms with Crippen LogP contribution < -0.4 is 4.74 Å². The molecule has 0 saturated heterocycles. The van der Waals surface area contributed by atoms with Gasteiger partial charge in [-0.05, 0) is 42.0 Å². The van der Waals surface area contributed by atoms with E-state index in [1.165, 1.54) is 0 Å². The minimum absolute atomic E-state index is 0.0236. The fourth-order valence-electron chi connectivity index (χ4n) is 2.07. The van der Waals surface area contributed by atoms with Crippen molar-refractivity contribution in [3.8, 4) is 5.75 Å². The molecular formula is C16H10Br2O2. The molecule has 2 aromatic carbocycles. The van der Waals surface area contributed by atoms with Crippen LogP contribution in [0, 0.1) is 0 Å². The van der Waals surface area contributed by atoms with E-state index in [1.807, 2.05) is 42.5 Å². The lowest BCUT2D eigenvalue weighted by atomic mass is 9.98. The second-order valence-corrected chi connectivity index (χ2v) is 6.31. The van der Waals surface area contributed by atoms with Gasteiger partial charge in [0.15, 0.2) is 5.78 Å². The topological polar surface area (TPSA) is 26.3 Å². The lowest BCUT2D eigenvalue weighted by molar-refractivity contribution is 0.100. The maximum atomic E-state index is 12.5. The molecule has 0 saturated carbocycles. The minimum atomic E-state index is 0.0236. The van der Waals surface area contributed by atoms with Gasteiger partial charge in [-0.15, -0.1) is 0 Å². The predicted molar refractivity (Wildman–Crippen MR) is 86.1 cm³/mol. The van der Waals surface area contributed by atoms with Gasteiger partial charge in [0, 0.05) is 14.5 Å². The van der Waals surface area contributed by atoms with E-state index in [1.54, 1.807) is 6.07 Å². The molecule has 1 aliphatic heterocycles. The molecule has 0 fully saturated rings. The standard InChI is InChI=1S/C16H10Br2O2/c17-12-3-1-10(2-4-12)7-11-9-20-15-6-5-13(18)8-14(15)16(11)19/h1-8H,9H2/b11-7+. The van der Waals surface area contributed by atoms with Gasteiger partial charge < -0.3 is 4.74 Å². The summed E-state index contributed by atoms with van der Waals surface area (Å²) < 4.78 is 7.53. The third kappa shape index (κ3) is 2.72. The van der Waals surface area contributed by atoms with Crippen molar-refractivity contribution in [3.05, 3.63) is 68.1 Å². The SMILES string of the molecule is O=C1/C(=C/c2ccc(Br)cc2)COc2ccc(Br)cc21. The van der Waals surface area contributed by atoms with E-state index < -0.39 is 0 Å². The highest BCUT2D eigenvalue weighted by Gasteiger charge is 2.23. The summed E-state index contributed by atoms with van der Waals surface area (Å²) in [5.74, 6) is 0.668. The normalized spacial score (nSPS) is 15.9. The first-order valence-electron chi connectivity index (χ1n) is 6.07. The lowest BCUT2D eigenvalue weighted by Gasteiger charge is -2.19. The molecule has 0 atom stereocenters. The molecule has 0 spiro atoms. The number of fused-ring (bicyclic) bond motifs is 1. The van der Waals surface area contributed by atoms with Crippen molar-refractivity contribution in [1.29, 1.82) is 0 Å². The second-order valence-electron chi connectivity index (χ2n) is 4.48. The zero-order valence-corrected chi connectivity index (χ0v) is 13.6. The Morgan fingerprint density at radius 2 is 1.70 bits per heavy atom. The molecule has 0 aliphatic carbocycles. The van der Waals surface area contributed by atoms with Crippen molar-refractivity contribution in [3.63, 3.8) is 0 Å². The minimum Gasteiger partial charge on any atom is -0.488 e. The average molecular weight is 394 g/mol. The van der Waals surface area contributed by atoms with Gasteiger partial charge in [0.05, 0.1) is 5.56 Å². The highest BCUT2D eigenvalue weighted by atomic mass is 79.9. The fourth-order valence-corrected chi connectivity index (χ4v) is 2.69. The van der Waals surface area contributed by atoms with E-state index in [-0.39, 0.29) is 5.78 Å². The summed E-state index contributed by atoms with van der Waals surface area (Å²) in [6.45, 7) is 0.309. The number of hydrogen-bond donors (Lipinski definition) is 0. The van der Waals surface area contributed by atoms with Gasteiger partial charge in [-0.25, -0.2) is 0 Å². The summed E-state index contributed by atoms with van der Waals surface area (Å²) in [6.07, 6.45) is 1.87. The van der Waals surface area contributed by atoms with Gasteiger partial charge in [-0.2, -0.15) is 0 Å². The van der Waals surface area contributed by atoms with E-state index >= 15 is 0 Å². The number of halogens is 2. The van der Waals surface area contributed by atoms with E-state index in [0.717, 1.165) is 14.5 Å². The van der Waals surface area contributed by atoms with Gasteiger partial charge in [-0.3, -0.25) is 4.79 Å². The monoisotopic (exact) mass is 392 g/mol. The predicted octanol–water partition coefficient (Wildman–Crippen LogP) is 4.87. The maximum absolute atomic E-state index is 12.5. The second kappa shape index (κ2) is 5.54. The van der Waals surface area contributed by atoms with Crippen LogP contribution in [0.5, 0.6) is 5.75 Å². The molecule has 100 valence electrons. The van der Waals surface area contributed by atoms with Gasteiger partial charge in [0.25, 0.3) is 0 Å². The molecule has 0 bridgehead atoms. The molecule has 3 rings (SSSR count). The Bertz CT molecular complexity index is 703. The molecule has 2 aromatic rings. The van der Waals surface area contributed by atoms with Crippen molar-refractivity contribution >= 4 is 43.7 Å². The first-order valence-corrected chi connectivity index (χ1v) is 7.65. The molecule has 0 radical (unpaired) electrons. The molecule has 4 heteroatoms. The van der Waals surface area contributed by atoms with Crippen molar-refractivity contribution in [2.75, 3.05) is 6.61 Å². The summed E-state index contributed by atoms with van der Waals surface area (Å²) in [6, 6.07) is 13.3. The number of ether oxygens (including phenoxy) is 1. The summed E-state index contributed by atoms with van der Waals surface area (Å²) in [7, 11) is 0. The van der Waals surface area contributed by atoms with Gasteiger partial charge in [0.2, 0.25) is 0 Å². The summed E-state index contributed by atoms with van der Waals surface area (Å²) in [4.78, 5) is 12.5. The number of ketones is 1. The van der Waals surface area contributed by atoms with Crippen molar-refractivity contribution in [2.24, 2.45) is 0 Å². The van der Waals surface area contributed by atoms with E-state index in [0.29, 0.717) is 23.5 Å². The largest absolute Gasteiger partial charge is 0.488 e. The quantitative estimate of drug-likeness (QED) is 0.646. The van der Waals surface area contributed by atoms with Crippen LogP contribution in [0.15, 0.2) is 57.0 Å². The Morgan fingerprint density at radius 3 is 2.45 bits per heavy atom. The number of benzene rings is 2. The Morgan fingerprint density at radius 1 is 1.00 bits per heavy atom. The van der Waals surface area contributed by atoms with Gasteiger partial charge >= 0.3 is 0 Å². The molecule has 1 aliphatic rings. The van der Waals surface area contributed by atoms with Crippen LogP contribution in [-0.2, 0) is 0 Å². The van der Waals surface area contributed by atoms with Gasteiger partial charge in [-0.1, -0.05) is 44.0 Å². The molecule has 2 nitrogen and oxygen atoms in total. The Balaban J connectivity index is 1.97. The highest BCUT2D eigenvalue weighted by molar-refractivity contribution is 9.10. The van der Waals surface area contributed by atoms with Crippen molar-refractivity contribution in [1.82, 2.24) is 0 Å². The summed E-state index contributed by atoms with van der Waals surface area (Å²) in [5.41, 5.74) is 2.26. The molecular weight excluding hydrogens is 384 g/mol. The number of rotatable bonds is 1. The number of Topliss-reactive ketones (excluding diaryl/α,β-unsaturated/α-hetero) is 1. The van der Waals surface area contributed by atoms with Crippen LogP contribution in [-0.4, -0.2) is 12.4 Å². The van der Waals surface area contributed by atoms with E-state index in [2.05, 4.69) is 31.9 Å². The summed E-state index contributed by atoms with van der Waals surface area (Å²) >= 11 is 6.77.